The van der Waals surface area contributed by atoms with Gasteiger partial charge in [-0.25, -0.2) is 0 Å². The van der Waals surface area contributed by atoms with Gasteiger partial charge < -0.3 is 19.3 Å². The smallest absolute Gasteiger partial charge is 0.307 e. The normalized spacial score (nSPS) is 14.5. The zero-order chi connectivity index (χ0) is 44.2. The van der Waals surface area contributed by atoms with Crippen LogP contribution in [-0.2, 0) is 19.1 Å². The molecule has 0 amide bonds. The molecular weight excluding hydrogens is 741 g/mol. The van der Waals surface area contributed by atoms with Crippen molar-refractivity contribution in [3.05, 3.63) is 0 Å². The predicted octanol–water partition coefficient (Wildman–Crippen LogP) is 15.9. The molecule has 0 aromatic rings. The average molecular weight is 849 g/mol. The Morgan fingerprint density at radius 3 is 1.17 bits per heavy atom. The van der Waals surface area contributed by atoms with Crippen LogP contribution in [0.25, 0.3) is 0 Å². The summed E-state index contributed by atoms with van der Waals surface area (Å²) in [6.07, 6.45) is 43.9. The molecule has 1 saturated heterocycles. The lowest BCUT2D eigenvalue weighted by molar-refractivity contribution is -0.145. The molecule has 2 unspecified atom stereocenters. The number of carbonyl (C=O) groups is 2. The number of carbonyl (C=O) groups excluding carboxylic acids is 2. The van der Waals surface area contributed by atoms with Crippen LogP contribution in [0, 0.1) is 17.8 Å². The van der Waals surface area contributed by atoms with Gasteiger partial charge in [-0.15, -0.1) is 0 Å². The van der Waals surface area contributed by atoms with E-state index in [2.05, 4.69) is 58.4 Å². The fourth-order valence-electron chi connectivity index (χ4n) is 8.71. The molecule has 0 aliphatic carbocycles. The molecule has 6 nitrogen and oxygen atoms in total. The third kappa shape index (κ3) is 39.7. The molecule has 0 spiro atoms. The van der Waals surface area contributed by atoms with Gasteiger partial charge in [0.25, 0.3) is 0 Å². The van der Waals surface area contributed by atoms with Crippen LogP contribution >= 0.6 is 0 Å². The summed E-state index contributed by atoms with van der Waals surface area (Å²) >= 11 is 0. The first-order valence-corrected chi connectivity index (χ1v) is 27.0. The lowest BCUT2D eigenvalue weighted by Gasteiger charge is -2.33. The molecule has 0 aromatic heterocycles. The highest BCUT2D eigenvalue weighted by molar-refractivity contribution is 5.70. The molecule has 6 heteroatoms. The van der Waals surface area contributed by atoms with Crippen LogP contribution in [0.3, 0.4) is 0 Å². The van der Waals surface area contributed by atoms with Gasteiger partial charge in [0.05, 0.1) is 26.1 Å². The van der Waals surface area contributed by atoms with E-state index in [0.717, 1.165) is 32.5 Å². The number of piperidine rings is 1. The first-order chi connectivity index (χ1) is 29.3. The number of esters is 2. The molecule has 0 saturated carbocycles. The van der Waals surface area contributed by atoms with Crippen molar-refractivity contribution in [1.82, 2.24) is 9.80 Å². The number of likely N-dealkylation sites (tertiary alicyclic amines) is 1. The third-order valence-corrected chi connectivity index (χ3v) is 13.3. The lowest BCUT2D eigenvalue weighted by atomic mass is 9.94. The molecule has 0 radical (unpaired) electrons. The van der Waals surface area contributed by atoms with Crippen molar-refractivity contribution < 1.29 is 19.1 Å². The van der Waals surface area contributed by atoms with Crippen molar-refractivity contribution in [2.75, 3.05) is 53.0 Å². The molecule has 0 aromatic carbocycles. The van der Waals surface area contributed by atoms with Gasteiger partial charge in [-0.2, -0.15) is 0 Å². The zero-order valence-electron chi connectivity index (χ0n) is 42.0. The van der Waals surface area contributed by atoms with Crippen LogP contribution in [-0.4, -0.2) is 74.7 Å². The number of nitrogens with zero attached hydrogens (tertiary/aromatic N) is 2. The number of hydrogen-bond acceptors (Lipinski definition) is 6. The Morgan fingerprint density at radius 2 is 0.800 bits per heavy atom. The molecule has 60 heavy (non-hydrogen) atoms. The molecule has 0 N–H and O–H groups in total. The summed E-state index contributed by atoms with van der Waals surface area (Å²) in [5.41, 5.74) is 0. The summed E-state index contributed by atoms with van der Waals surface area (Å²) in [6.45, 7) is 19.2. The van der Waals surface area contributed by atoms with E-state index in [1.54, 1.807) is 0 Å². The fourth-order valence-corrected chi connectivity index (χ4v) is 8.71. The minimum Gasteiger partial charge on any atom is -0.465 e. The van der Waals surface area contributed by atoms with E-state index in [1.807, 2.05) is 0 Å². The van der Waals surface area contributed by atoms with Crippen molar-refractivity contribution in [2.45, 2.75) is 266 Å². The van der Waals surface area contributed by atoms with E-state index < -0.39 is 0 Å². The van der Waals surface area contributed by atoms with Crippen molar-refractivity contribution in [2.24, 2.45) is 17.8 Å². The van der Waals surface area contributed by atoms with Crippen molar-refractivity contribution >= 4 is 11.9 Å². The monoisotopic (exact) mass is 849 g/mol. The topological polar surface area (TPSA) is 59.1 Å². The van der Waals surface area contributed by atoms with Gasteiger partial charge in [-0.3, -0.25) is 9.59 Å². The molecule has 1 rings (SSSR count). The Morgan fingerprint density at radius 1 is 0.483 bits per heavy atom. The summed E-state index contributed by atoms with van der Waals surface area (Å²) in [5, 5.41) is 0. The van der Waals surface area contributed by atoms with Crippen molar-refractivity contribution in [1.29, 1.82) is 0 Å². The molecule has 1 heterocycles. The van der Waals surface area contributed by atoms with Crippen molar-refractivity contribution in [3.8, 4) is 0 Å². The van der Waals surface area contributed by atoms with E-state index in [9.17, 15) is 9.59 Å². The molecule has 1 aliphatic rings. The third-order valence-electron chi connectivity index (χ3n) is 13.3. The summed E-state index contributed by atoms with van der Waals surface area (Å²) in [5.74, 6) is 1.40. The average Bonchev–Trinajstić information content (AvgIpc) is 3.25. The van der Waals surface area contributed by atoms with Crippen LogP contribution in [0.1, 0.15) is 266 Å². The SMILES string of the molecule is CCCCCCC.CCCCCCCCCCC(CC)COC(=O)CCN(CCC(=O)OCC(CCCCCCCC)CCCCCCCCCC)CC1CCN(C)CC1. The molecule has 358 valence electrons. The Kier molecular flexibility index (Phi) is 45.0. The van der Waals surface area contributed by atoms with E-state index >= 15 is 0 Å². The first kappa shape index (κ1) is 58.9. The second-order valence-corrected chi connectivity index (χ2v) is 19.2. The Hall–Kier alpha value is -1.14. The number of hydrogen-bond donors (Lipinski definition) is 0. The Labute approximate surface area is 376 Å². The molecule has 1 aliphatic heterocycles. The van der Waals surface area contributed by atoms with Crippen LogP contribution in [0.15, 0.2) is 0 Å². The summed E-state index contributed by atoms with van der Waals surface area (Å²) in [4.78, 5) is 30.8. The van der Waals surface area contributed by atoms with Crippen LogP contribution in [0.2, 0.25) is 0 Å². The van der Waals surface area contributed by atoms with Gasteiger partial charge in [-0.1, -0.05) is 221 Å². The summed E-state index contributed by atoms with van der Waals surface area (Å²) in [7, 11) is 2.20. The fraction of sp³-hybridized carbons (Fsp3) is 0.963. The maximum Gasteiger partial charge on any atom is 0.307 e. The van der Waals surface area contributed by atoms with Crippen LogP contribution < -0.4 is 0 Å². The van der Waals surface area contributed by atoms with E-state index in [-0.39, 0.29) is 11.9 Å². The summed E-state index contributed by atoms with van der Waals surface area (Å²) < 4.78 is 11.8. The molecule has 1 fully saturated rings. The Bertz CT molecular complexity index is 887. The standard InChI is InChI=1S/C47H92N2O4.C7H16/c1-6-10-13-16-19-21-24-26-29-43(9-4)41-52-46(50)34-38-49(40-44-32-36-48(5)37-33-44)39-35-47(51)53-42-45(30-27-23-18-15-12-8-3)31-28-25-22-20-17-14-11-7-2;1-3-5-7-6-4-2/h43-45H,6-42H2,1-5H3;3-7H2,1-2H3. The number of unbranched alkanes of at least 4 members (excludes halogenated alkanes) is 23. The quantitative estimate of drug-likeness (QED) is 0.0450. The van der Waals surface area contributed by atoms with Gasteiger partial charge in [0.15, 0.2) is 0 Å². The number of rotatable bonds is 42. The van der Waals surface area contributed by atoms with E-state index in [4.69, 9.17) is 9.47 Å². The molecule has 2 atom stereocenters. The van der Waals surface area contributed by atoms with Gasteiger partial charge in [0.1, 0.15) is 0 Å². The van der Waals surface area contributed by atoms with Crippen LogP contribution in [0.4, 0.5) is 0 Å². The molecule has 0 bridgehead atoms. The minimum absolute atomic E-state index is 0.0726. The Balaban J connectivity index is 0.00000453. The van der Waals surface area contributed by atoms with Gasteiger partial charge in [0.2, 0.25) is 0 Å². The highest BCUT2D eigenvalue weighted by Gasteiger charge is 2.22. The lowest BCUT2D eigenvalue weighted by Crippen LogP contribution is -2.39. The van der Waals surface area contributed by atoms with E-state index in [0.29, 0.717) is 56.9 Å². The van der Waals surface area contributed by atoms with E-state index in [1.165, 1.54) is 199 Å². The van der Waals surface area contributed by atoms with Gasteiger partial charge >= 0.3 is 11.9 Å². The second kappa shape index (κ2) is 45.9. The highest BCUT2D eigenvalue weighted by Crippen LogP contribution is 2.22. The van der Waals surface area contributed by atoms with Crippen molar-refractivity contribution in [3.63, 3.8) is 0 Å². The predicted molar refractivity (Wildman–Crippen MR) is 262 cm³/mol. The highest BCUT2D eigenvalue weighted by atomic mass is 16.5. The zero-order valence-corrected chi connectivity index (χ0v) is 42.0. The second-order valence-electron chi connectivity index (χ2n) is 19.2. The first-order valence-electron chi connectivity index (χ1n) is 27.0. The van der Waals surface area contributed by atoms with Crippen LogP contribution in [0.5, 0.6) is 0 Å². The molecular formula is C54H108N2O4. The maximum absolute atomic E-state index is 13.1. The van der Waals surface area contributed by atoms with Gasteiger partial charge in [-0.05, 0) is 70.0 Å². The maximum atomic E-state index is 13.1. The number of ether oxygens (including phenoxy) is 2. The largest absolute Gasteiger partial charge is 0.465 e. The minimum atomic E-state index is -0.0891. The summed E-state index contributed by atoms with van der Waals surface area (Å²) in [6, 6.07) is 0. The van der Waals surface area contributed by atoms with Gasteiger partial charge in [0, 0.05) is 19.6 Å².